The quantitative estimate of drug-likeness (QED) is 0.151. The van der Waals surface area contributed by atoms with Gasteiger partial charge in [0.25, 0.3) is 0 Å². The first kappa shape index (κ1) is 33.6. The van der Waals surface area contributed by atoms with Gasteiger partial charge in [-0.2, -0.15) is 0 Å². The van der Waals surface area contributed by atoms with Gasteiger partial charge in [-0.05, 0) is 114 Å². The molecule has 0 aliphatic rings. The number of hydrogen-bond donors (Lipinski definition) is 0. The van der Waals surface area contributed by atoms with E-state index in [1.807, 2.05) is 18.2 Å². The molecule has 2 nitrogen and oxygen atoms in total. The van der Waals surface area contributed by atoms with Crippen molar-refractivity contribution < 1.29 is 4.42 Å². The van der Waals surface area contributed by atoms with Crippen LogP contribution in [0.2, 0.25) is 0 Å². The summed E-state index contributed by atoms with van der Waals surface area (Å²) in [6.07, 6.45) is 0. The lowest BCUT2D eigenvalue weighted by atomic mass is 9.95. The fourth-order valence-electron chi connectivity index (χ4n) is 8.56. The van der Waals surface area contributed by atoms with E-state index >= 15 is 0 Å². The minimum Gasteiger partial charge on any atom is -0.456 e. The Kier molecular flexibility index (Phi) is 8.19. The third-order valence-electron chi connectivity index (χ3n) is 11.5. The Balaban J connectivity index is 0.948. The lowest BCUT2D eigenvalue weighted by Gasteiger charge is -2.26. The van der Waals surface area contributed by atoms with Gasteiger partial charge in [-0.25, -0.2) is 0 Å². The Hall–Kier alpha value is -7.68. The Labute approximate surface area is 337 Å². The SMILES string of the molecule is c1ccc(-c2cc3ccccc3o2)c(-c2ccc(-c3ccc(N(c4ccc(-c5cccc6ccccc56)cc4)c4ccc5c(ccc6ccccc65)c4)cc3)cc2)c1. The number of rotatable bonds is 7. The number of hydrogen-bond acceptors (Lipinski definition) is 2. The van der Waals surface area contributed by atoms with E-state index in [-0.39, 0.29) is 0 Å². The summed E-state index contributed by atoms with van der Waals surface area (Å²) in [5.41, 5.74) is 12.4. The first-order valence-corrected chi connectivity index (χ1v) is 19.8. The highest BCUT2D eigenvalue weighted by molar-refractivity contribution is 6.08. The summed E-state index contributed by atoms with van der Waals surface area (Å²) < 4.78 is 6.28. The Bertz CT molecular complexity index is 3230. The fourth-order valence-corrected chi connectivity index (χ4v) is 8.56. The molecule has 11 rings (SSSR count). The van der Waals surface area contributed by atoms with Crippen molar-refractivity contribution in [1.82, 2.24) is 0 Å². The highest BCUT2D eigenvalue weighted by Crippen LogP contribution is 2.41. The number of fused-ring (bicyclic) bond motifs is 5. The third kappa shape index (κ3) is 6.00. The highest BCUT2D eigenvalue weighted by Gasteiger charge is 2.16. The minimum absolute atomic E-state index is 0.879. The molecule has 272 valence electrons. The zero-order chi connectivity index (χ0) is 38.4. The summed E-state index contributed by atoms with van der Waals surface area (Å²) >= 11 is 0. The van der Waals surface area contributed by atoms with Crippen LogP contribution < -0.4 is 4.90 Å². The lowest BCUT2D eigenvalue weighted by molar-refractivity contribution is 0.632. The number of anilines is 3. The summed E-state index contributed by atoms with van der Waals surface area (Å²) in [7, 11) is 0. The van der Waals surface area contributed by atoms with Gasteiger partial charge in [0.2, 0.25) is 0 Å². The maximum atomic E-state index is 6.28. The van der Waals surface area contributed by atoms with Gasteiger partial charge < -0.3 is 9.32 Å². The molecule has 0 spiro atoms. The van der Waals surface area contributed by atoms with Crippen molar-refractivity contribution in [3.05, 3.63) is 224 Å². The van der Waals surface area contributed by atoms with Gasteiger partial charge in [-0.1, -0.05) is 176 Å². The van der Waals surface area contributed by atoms with Gasteiger partial charge in [0.05, 0.1) is 0 Å². The van der Waals surface area contributed by atoms with Crippen molar-refractivity contribution in [2.24, 2.45) is 0 Å². The Morgan fingerprint density at radius 3 is 1.50 bits per heavy atom. The van der Waals surface area contributed by atoms with Gasteiger partial charge in [-0.3, -0.25) is 0 Å². The molecule has 2 heteroatoms. The zero-order valence-corrected chi connectivity index (χ0v) is 31.7. The molecule has 0 unspecified atom stereocenters. The second-order valence-corrected chi connectivity index (χ2v) is 14.9. The summed E-state index contributed by atoms with van der Waals surface area (Å²) in [6, 6.07) is 80.7. The molecule has 0 amide bonds. The molecule has 0 radical (unpaired) electrons. The van der Waals surface area contributed by atoms with Gasteiger partial charge in [0.15, 0.2) is 0 Å². The maximum absolute atomic E-state index is 6.28. The summed E-state index contributed by atoms with van der Waals surface area (Å²) in [5.74, 6) is 0.879. The van der Waals surface area contributed by atoms with Crippen molar-refractivity contribution in [2.75, 3.05) is 4.90 Å². The molecule has 0 bridgehead atoms. The van der Waals surface area contributed by atoms with Crippen molar-refractivity contribution in [3.63, 3.8) is 0 Å². The number of furan rings is 1. The highest BCUT2D eigenvalue weighted by atomic mass is 16.3. The molecule has 0 N–H and O–H groups in total. The third-order valence-corrected chi connectivity index (χ3v) is 11.5. The summed E-state index contributed by atoms with van der Waals surface area (Å²) in [4.78, 5) is 2.36. The maximum Gasteiger partial charge on any atom is 0.136 e. The van der Waals surface area contributed by atoms with Crippen molar-refractivity contribution >= 4 is 60.3 Å². The molecule has 1 heterocycles. The molecular formula is C56H37NO. The first-order chi connectivity index (χ1) is 28.7. The monoisotopic (exact) mass is 739 g/mol. The number of nitrogens with zero attached hydrogens (tertiary/aromatic N) is 1. The normalized spacial score (nSPS) is 11.4. The standard InChI is InChI=1S/C56H37NO/c1-4-14-49-40(10-1)13-9-18-51(49)43-28-32-47(33-29-43)57(48-34-35-53-44(36-48)25-24-41-11-2-5-15-50(41)53)46-30-26-39(27-31-46)38-20-22-42(23-21-38)52-16-6-7-17-54(52)56-37-45-12-3-8-19-55(45)58-56/h1-37H. The molecule has 10 aromatic carbocycles. The van der Waals surface area contributed by atoms with Crippen LogP contribution in [-0.2, 0) is 0 Å². The van der Waals surface area contributed by atoms with Crippen LogP contribution in [0.25, 0.3) is 88.0 Å². The summed E-state index contributed by atoms with van der Waals surface area (Å²) in [5, 5.41) is 8.61. The van der Waals surface area contributed by atoms with E-state index in [1.54, 1.807) is 0 Å². The van der Waals surface area contributed by atoms with Crippen molar-refractivity contribution in [1.29, 1.82) is 0 Å². The molecule has 0 atom stereocenters. The van der Waals surface area contributed by atoms with E-state index in [4.69, 9.17) is 4.42 Å². The van der Waals surface area contributed by atoms with Crippen LogP contribution in [0.15, 0.2) is 229 Å². The van der Waals surface area contributed by atoms with Crippen LogP contribution >= 0.6 is 0 Å². The molecule has 0 saturated heterocycles. The van der Waals surface area contributed by atoms with E-state index in [2.05, 4.69) is 211 Å². The van der Waals surface area contributed by atoms with Gasteiger partial charge in [0, 0.05) is 28.0 Å². The van der Waals surface area contributed by atoms with Crippen molar-refractivity contribution in [3.8, 4) is 44.7 Å². The van der Waals surface area contributed by atoms with E-state index in [1.165, 1.54) is 49.0 Å². The van der Waals surface area contributed by atoms with Crippen LogP contribution in [0.4, 0.5) is 17.1 Å². The van der Waals surface area contributed by atoms with Crippen molar-refractivity contribution in [2.45, 2.75) is 0 Å². The largest absolute Gasteiger partial charge is 0.456 e. The van der Waals surface area contributed by atoms with E-state index in [9.17, 15) is 0 Å². The van der Waals surface area contributed by atoms with Crippen LogP contribution in [0.5, 0.6) is 0 Å². The molecule has 0 aliphatic carbocycles. The molecule has 11 aromatic rings. The lowest BCUT2D eigenvalue weighted by Crippen LogP contribution is -2.09. The number of para-hydroxylation sites is 1. The Morgan fingerprint density at radius 2 is 0.759 bits per heavy atom. The second kappa shape index (κ2) is 14.1. The molecule has 0 fully saturated rings. The molecule has 0 saturated carbocycles. The van der Waals surface area contributed by atoms with E-state index < -0.39 is 0 Å². The van der Waals surface area contributed by atoms with Crippen LogP contribution in [0, 0.1) is 0 Å². The fraction of sp³-hybridized carbons (Fsp3) is 0. The smallest absolute Gasteiger partial charge is 0.136 e. The Morgan fingerprint density at radius 1 is 0.276 bits per heavy atom. The van der Waals surface area contributed by atoms with E-state index in [0.717, 1.165) is 56.0 Å². The minimum atomic E-state index is 0.879. The number of benzene rings is 10. The second-order valence-electron chi connectivity index (χ2n) is 14.9. The first-order valence-electron chi connectivity index (χ1n) is 19.8. The molecular weight excluding hydrogens is 703 g/mol. The molecule has 58 heavy (non-hydrogen) atoms. The van der Waals surface area contributed by atoms with Gasteiger partial charge in [0.1, 0.15) is 11.3 Å². The average molecular weight is 740 g/mol. The van der Waals surface area contributed by atoms with Crippen LogP contribution in [0.3, 0.4) is 0 Å². The van der Waals surface area contributed by atoms with Crippen LogP contribution in [0.1, 0.15) is 0 Å². The predicted molar refractivity (Wildman–Crippen MR) is 245 cm³/mol. The van der Waals surface area contributed by atoms with Crippen LogP contribution in [-0.4, -0.2) is 0 Å². The average Bonchev–Trinajstić information content (AvgIpc) is 3.74. The summed E-state index contributed by atoms with van der Waals surface area (Å²) in [6.45, 7) is 0. The molecule has 0 aliphatic heterocycles. The topological polar surface area (TPSA) is 16.4 Å². The van der Waals surface area contributed by atoms with E-state index in [0.29, 0.717) is 0 Å². The predicted octanol–water partition coefficient (Wildman–Crippen LogP) is 16.0. The van der Waals surface area contributed by atoms with Gasteiger partial charge >= 0.3 is 0 Å². The zero-order valence-electron chi connectivity index (χ0n) is 31.7. The van der Waals surface area contributed by atoms with Gasteiger partial charge in [-0.15, -0.1) is 0 Å². The molecule has 1 aromatic heterocycles.